The van der Waals surface area contributed by atoms with Crippen molar-refractivity contribution in [1.82, 2.24) is 4.98 Å². The van der Waals surface area contributed by atoms with E-state index in [2.05, 4.69) is 0 Å². The van der Waals surface area contributed by atoms with Gasteiger partial charge in [-0.15, -0.1) is 0 Å². The van der Waals surface area contributed by atoms with Crippen LogP contribution in [0.25, 0.3) is 0 Å². The summed E-state index contributed by atoms with van der Waals surface area (Å²) >= 11 is 0. The Labute approximate surface area is 82.9 Å². The highest BCUT2D eigenvalue weighted by Gasteiger charge is 2.19. The second kappa shape index (κ2) is 3.59. The number of aromatic amines is 1. The van der Waals surface area contributed by atoms with Crippen LogP contribution < -0.4 is 16.4 Å². The maximum atomic E-state index is 12.2. The third kappa shape index (κ3) is 2.30. The number of rotatable bonds is 2. The molecule has 0 aromatic carbocycles. The van der Waals surface area contributed by atoms with E-state index in [1.54, 1.807) is 4.98 Å². The van der Waals surface area contributed by atoms with Crippen LogP contribution in [0, 0.1) is 0 Å². The van der Waals surface area contributed by atoms with Crippen molar-refractivity contribution in [3.05, 3.63) is 22.1 Å². The second-order valence-electron chi connectivity index (χ2n) is 2.68. The van der Waals surface area contributed by atoms with Crippen LogP contribution in [-0.2, 0) is 10.0 Å². The van der Waals surface area contributed by atoms with E-state index in [4.69, 9.17) is 10.9 Å². The average Bonchev–Trinajstić information content (AvgIpc) is 2.06. The number of pyridine rings is 1. The summed E-state index contributed by atoms with van der Waals surface area (Å²) in [5.41, 5.74) is 2.42. The number of hydrogen-bond acceptors (Lipinski definition) is 4. The van der Waals surface area contributed by atoms with Gasteiger partial charge in [-0.25, -0.2) is 22.3 Å². The summed E-state index contributed by atoms with van der Waals surface area (Å²) in [5, 5.41) is 4.69. The molecule has 1 aromatic heterocycles. The number of nitrogens with two attached hydrogens (primary N) is 2. The number of anilines is 1. The molecular weight excluding hydrogens is 232 g/mol. The topological polar surface area (TPSA) is 119 Å². The van der Waals surface area contributed by atoms with Crippen LogP contribution in [0.15, 0.2) is 15.8 Å². The molecule has 0 aliphatic carbocycles. The molecule has 0 spiro atoms. The fourth-order valence-electron chi connectivity index (χ4n) is 0.918. The predicted molar refractivity (Wildman–Crippen MR) is 47.8 cm³/mol. The van der Waals surface area contributed by atoms with Crippen LogP contribution >= 0.6 is 0 Å². The maximum absolute atomic E-state index is 12.2. The summed E-state index contributed by atoms with van der Waals surface area (Å²) in [6.07, 6.45) is -3.02. The molecule has 0 amide bonds. The highest BCUT2D eigenvalue weighted by atomic mass is 32.2. The van der Waals surface area contributed by atoms with Gasteiger partial charge in [0, 0.05) is 0 Å². The summed E-state index contributed by atoms with van der Waals surface area (Å²) in [5.74, 6) is 0. The number of H-pyrrole nitrogens is 1. The summed E-state index contributed by atoms with van der Waals surface area (Å²) in [6.45, 7) is 0. The van der Waals surface area contributed by atoms with Gasteiger partial charge in [-0.2, -0.15) is 0 Å². The van der Waals surface area contributed by atoms with Crippen molar-refractivity contribution in [3.8, 4) is 0 Å². The molecular formula is C6H7F2N3O3S. The van der Waals surface area contributed by atoms with Gasteiger partial charge < -0.3 is 10.7 Å². The Hall–Kier alpha value is -1.48. The number of aromatic nitrogens is 1. The largest absolute Gasteiger partial charge is 0.393 e. The molecule has 9 heteroatoms. The molecule has 0 unspecified atom stereocenters. The van der Waals surface area contributed by atoms with Gasteiger partial charge >= 0.3 is 0 Å². The molecule has 1 aromatic rings. The van der Waals surface area contributed by atoms with E-state index >= 15 is 0 Å². The van der Waals surface area contributed by atoms with Crippen molar-refractivity contribution in [2.24, 2.45) is 5.14 Å². The van der Waals surface area contributed by atoms with Crippen molar-refractivity contribution in [2.75, 3.05) is 5.73 Å². The fourth-order valence-corrected chi connectivity index (χ4v) is 1.61. The molecule has 0 fully saturated rings. The van der Waals surface area contributed by atoms with E-state index in [9.17, 15) is 22.0 Å². The van der Waals surface area contributed by atoms with Crippen molar-refractivity contribution >= 4 is 15.7 Å². The Morgan fingerprint density at radius 2 is 1.93 bits per heavy atom. The second-order valence-corrected chi connectivity index (χ2v) is 4.21. The Morgan fingerprint density at radius 1 is 1.40 bits per heavy atom. The Balaban J connectivity index is 3.60. The van der Waals surface area contributed by atoms with Gasteiger partial charge in [0.2, 0.25) is 10.0 Å². The lowest BCUT2D eigenvalue weighted by Crippen LogP contribution is -2.22. The predicted octanol–water partition coefficient (Wildman–Crippen LogP) is -0.458. The van der Waals surface area contributed by atoms with Crippen LogP contribution in [0.3, 0.4) is 0 Å². The normalized spacial score (nSPS) is 12.0. The number of alkyl halides is 2. The summed E-state index contributed by atoms with van der Waals surface area (Å²) in [6, 6.07) is 0.538. The lowest BCUT2D eigenvalue weighted by Gasteiger charge is -2.05. The SMILES string of the molecule is Nc1c(S(N)(=O)=O)cc(C(F)F)[nH]c1=O. The molecule has 84 valence electrons. The zero-order chi connectivity index (χ0) is 11.8. The van der Waals surface area contributed by atoms with Crippen LogP contribution in [0.5, 0.6) is 0 Å². The molecule has 1 heterocycles. The minimum atomic E-state index is -4.29. The minimum Gasteiger partial charge on any atom is -0.393 e. The Morgan fingerprint density at radius 3 is 2.33 bits per heavy atom. The van der Waals surface area contributed by atoms with Crippen molar-refractivity contribution in [1.29, 1.82) is 0 Å². The van der Waals surface area contributed by atoms with Crippen LogP contribution in [0.1, 0.15) is 12.1 Å². The quantitative estimate of drug-likeness (QED) is 0.647. The third-order valence-electron chi connectivity index (χ3n) is 1.60. The molecule has 1 rings (SSSR count). The smallest absolute Gasteiger partial charge is 0.278 e. The lowest BCUT2D eigenvalue weighted by molar-refractivity contribution is 0.145. The van der Waals surface area contributed by atoms with Gasteiger partial charge in [-0.05, 0) is 6.07 Å². The number of nitrogen functional groups attached to an aromatic ring is 1. The van der Waals surface area contributed by atoms with Crippen LogP contribution in [0.4, 0.5) is 14.5 Å². The zero-order valence-corrected chi connectivity index (χ0v) is 8.01. The first-order chi connectivity index (χ1) is 6.73. The van der Waals surface area contributed by atoms with E-state index in [1.165, 1.54) is 0 Å². The maximum Gasteiger partial charge on any atom is 0.278 e. The molecule has 0 saturated carbocycles. The molecule has 5 N–H and O–H groups in total. The number of nitrogens with one attached hydrogen (secondary N) is 1. The zero-order valence-electron chi connectivity index (χ0n) is 7.20. The monoisotopic (exact) mass is 239 g/mol. The Bertz CT molecular complexity index is 537. The van der Waals surface area contributed by atoms with Crippen LogP contribution in [-0.4, -0.2) is 13.4 Å². The van der Waals surface area contributed by atoms with E-state index in [-0.39, 0.29) is 0 Å². The Kier molecular flexibility index (Phi) is 2.77. The van der Waals surface area contributed by atoms with Gasteiger partial charge in [0.15, 0.2) is 0 Å². The van der Waals surface area contributed by atoms with Gasteiger partial charge in [-0.3, -0.25) is 4.79 Å². The molecule has 0 radical (unpaired) electrons. The molecule has 0 aliphatic heterocycles. The summed E-state index contributed by atoms with van der Waals surface area (Å²) < 4.78 is 46.2. The number of sulfonamides is 1. The number of halogens is 2. The van der Waals surface area contributed by atoms with E-state index in [0.717, 1.165) is 0 Å². The van der Waals surface area contributed by atoms with Crippen LogP contribution in [0.2, 0.25) is 0 Å². The standard InChI is InChI=1S/C6H7F2N3O3S/c7-5(8)2-1-3(15(10,13)14)4(9)6(12)11-2/h1,5H,9H2,(H,11,12)(H2,10,13,14). The van der Waals surface area contributed by atoms with Gasteiger partial charge in [0.05, 0.1) is 5.69 Å². The molecule has 0 aliphatic rings. The first kappa shape index (κ1) is 11.6. The lowest BCUT2D eigenvalue weighted by atomic mass is 10.3. The minimum absolute atomic E-state index is 0.538. The average molecular weight is 239 g/mol. The van der Waals surface area contributed by atoms with Crippen molar-refractivity contribution in [3.63, 3.8) is 0 Å². The molecule has 0 saturated heterocycles. The number of hydrogen-bond donors (Lipinski definition) is 3. The summed E-state index contributed by atoms with van der Waals surface area (Å²) in [7, 11) is -4.29. The highest BCUT2D eigenvalue weighted by molar-refractivity contribution is 7.89. The molecule has 0 bridgehead atoms. The highest BCUT2D eigenvalue weighted by Crippen LogP contribution is 2.20. The first-order valence-electron chi connectivity index (χ1n) is 3.57. The van der Waals surface area contributed by atoms with Crippen molar-refractivity contribution in [2.45, 2.75) is 11.3 Å². The fraction of sp³-hybridized carbons (Fsp3) is 0.167. The molecule has 0 atom stereocenters. The van der Waals surface area contributed by atoms with E-state index in [1.807, 2.05) is 0 Å². The van der Waals surface area contributed by atoms with Crippen molar-refractivity contribution < 1.29 is 17.2 Å². The van der Waals surface area contributed by atoms with Gasteiger partial charge in [0.25, 0.3) is 12.0 Å². The number of primary sulfonamides is 1. The van der Waals surface area contributed by atoms with Gasteiger partial charge in [-0.1, -0.05) is 0 Å². The third-order valence-corrected chi connectivity index (χ3v) is 2.55. The van der Waals surface area contributed by atoms with E-state index in [0.29, 0.717) is 6.07 Å². The first-order valence-corrected chi connectivity index (χ1v) is 5.11. The van der Waals surface area contributed by atoms with E-state index < -0.39 is 38.3 Å². The molecule has 15 heavy (non-hydrogen) atoms. The molecule has 6 nitrogen and oxygen atoms in total. The van der Waals surface area contributed by atoms with Gasteiger partial charge in [0.1, 0.15) is 10.6 Å². The summed E-state index contributed by atoms with van der Waals surface area (Å²) in [4.78, 5) is 11.9.